The molecule has 0 fully saturated rings. The number of alkyl halides is 1. The third-order valence-corrected chi connectivity index (χ3v) is 3.72. The molecule has 1 aliphatic rings. The smallest absolute Gasteiger partial charge is 0.407 e. The number of hydrogen-bond acceptors (Lipinski definition) is 3. The van der Waals surface area contributed by atoms with E-state index in [4.69, 9.17) is 21.1 Å². The number of alkyl carbamates (subject to hydrolysis) is 1. The quantitative estimate of drug-likeness (QED) is 0.865. The molecule has 1 atom stereocenters. The van der Waals surface area contributed by atoms with Crippen LogP contribution in [0.4, 0.5) is 4.79 Å². The first kappa shape index (κ1) is 14.7. The second-order valence-electron chi connectivity index (χ2n) is 5.04. The van der Waals surface area contributed by atoms with Crippen molar-refractivity contribution in [3.05, 3.63) is 59.2 Å². The Bertz CT molecular complexity index is 702. The first-order chi connectivity index (χ1) is 10.7. The van der Waals surface area contributed by atoms with E-state index in [2.05, 4.69) is 5.32 Å². The van der Waals surface area contributed by atoms with E-state index in [1.54, 1.807) is 0 Å². The van der Waals surface area contributed by atoms with Gasteiger partial charge < -0.3 is 14.8 Å². The van der Waals surface area contributed by atoms with Gasteiger partial charge in [-0.2, -0.15) is 0 Å². The van der Waals surface area contributed by atoms with Crippen LogP contribution in [0.25, 0.3) is 0 Å². The van der Waals surface area contributed by atoms with Crippen LogP contribution in [-0.2, 0) is 4.74 Å². The number of ether oxygens (including phenoxy) is 2. The molecule has 1 N–H and O–H groups in total. The van der Waals surface area contributed by atoms with Crippen LogP contribution in [0.3, 0.4) is 0 Å². The normalized spacial score (nSPS) is 15.3. The molecule has 0 saturated heterocycles. The number of carbonyl (C=O) groups is 1. The molecule has 3 rings (SSSR count). The summed E-state index contributed by atoms with van der Waals surface area (Å²) in [5.74, 6) is 1.80. The molecule has 1 amide bonds. The van der Waals surface area contributed by atoms with Crippen molar-refractivity contribution in [3.63, 3.8) is 0 Å². The van der Waals surface area contributed by atoms with Gasteiger partial charge in [0.15, 0.2) is 0 Å². The van der Waals surface area contributed by atoms with Gasteiger partial charge in [0, 0.05) is 11.1 Å². The molecular formula is C17H16ClNO3. The summed E-state index contributed by atoms with van der Waals surface area (Å²) in [5.41, 5.74) is 2.85. The molecule has 1 aliphatic heterocycles. The summed E-state index contributed by atoms with van der Waals surface area (Å²) < 4.78 is 11.0. The van der Waals surface area contributed by atoms with E-state index in [0.29, 0.717) is 0 Å². The number of benzene rings is 2. The Balaban J connectivity index is 1.98. The number of nitrogens with one attached hydrogen (secondary N) is 1. The van der Waals surface area contributed by atoms with Crippen molar-refractivity contribution in [2.75, 3.05) is 12.5 Å². The molecule has 2 aromatic rings. The Morgan fingerprint density at radius 3 is 2.82 bits per heavy atom. The van der Waals surface area contributed by atoms with Crippen molar-refractivity contribution >= 4 is 17.7 Å². The number of fused-ring (bicyclic) bond motifs is 2. The average molecular weight is 318 g/mol. The summed E-state index contributed by atoms with van der Waals surface area (Å²) >= 11 is 5.55. The minimum Gasteiger partial charge on any atom is -0.456 e. The van der Waals surface area contributed by atoms with Crippen LogP contribution >= 0.6 is 11.6 Å². The van der Waals surface area contributed by atoms with E-state index in [1.165, 1.54) is 0 Å². The summed E-state index contributed by atoms with van der Waals surface area (Å²) in [6.07, 6.45) is -0.491. The molecule has 22 heavy (non-hydrogen) atoms. The van der Waals surface area contributed by atoms with Crippen LogP contribution in [0.2, 0.25) is 0 Å². The number of rotatable bonds is 3. The SMILES string of the molecule is Cc1cccc2c1Oc1ccccc1C2NC(=O)OCCCl. The Morgan fingerprint density at radius 1 is 1.23 bits per heavy atom. The predicted molar refractivity (Wildman–Crippen MR) is 84.7 cm³/mol. The molecule has 4 nitrogen and oxygen atoms in total. The van der Waals surface area contributed by atoms with Crippen LogP contribution in [0.5, 0.6) is 11.5 Å². The Hall–Kier alpha value is -2.20. The number of amides is 1. The van der Waals surface area contributed by atoms with Crippen molar-refractivity contribution in [2.45, 2.75) is 13.0 Å². The lowest BCUT2D eigenvalue weighted by Gasteiger charge is -2.29. The van der Waals surface area contributed by atoms with Crippen molar-refractivity contribution in [3.8, 4) is 11.5 Å². The van der Waals surface area contributed by atoms with Gasteiger partial charge in [-0.05, 0) is 18.6 Å². The standard InChI is InChI=1S/C17H16ClNO3/c1-11-5-4-7-13-15(19-17(20)21-10-9-18)12-6-2-3-8-14(12)22-16(11)13/h2-8,15H,9-10H2,1H3,(H,19,20). The summed E-state index contributed by atoms with van der Waals surface area (Å²) in [6.45, 7) is 2.16. The molecule has 2 aromatic carbocycles. The molecule has 1 heterocycles. The fraction of sp³-hybridized carbons (Fsp3) is 0.235. The van der Waals surface area contributed by atoms with Crippen molar-refractivity contribution in [1.29, 1.82) is 0 Å². The average Bonchev–Trinajstić information content (AvgIpc) is 2.53. The van der Waals surface area contributed by atoms with Crippen LogP contribution in [0, 0.1) is 6.92 Å². The second-order valence-corrected chi connectivity index (χ2v) is 5.41. The summed E-state index contributed by atoms with van der Waals surface area (Å²) in [6, 6.07) is 13.2. The highest BCUT2D eigenvalue weighted by Gasteiger charge is 2.29. The fourth-order valence-corrected chi connectivity index (χ4v) is 2.65. The Kier molecular flexibility index (Phi) is 4.20. The third kappa shape index (κ3) is 2.74. The van der Waals surface area contributed by atoms with Gasteiger partial charge in [-0.25, -0.2) is 4.79 Å². The molecule has 0 spiro atoms. The fourth-order valence-electron chi connectivity index (χ4n) is 2.58. The zero-order valence-corrected chi connectivity index (χ0v) is 12.9. The van der Waals surface area contributed by atoms with Gasteiger partial charge in [0.05, 0.1) is 11.9 Å². The van der Waals surface area contributed by atoms with Gasteiger partial charge in [-0.3, -0.25) is 0 Å². The topological polar surface area (TPSA) is 47.6 Å². The molecule has 5 heteroatoms. The van der Waals surface area contributed by atoms with Gasteiger partial charge in [-0.1, -0.05) is 36.4 Å². The van der Waals surface area contributed by atoms with Crippen LogP contribution in [0.1, 0.15) is 22.7 Å². The Morgan fingerprint density at radius 2 is 2.00 bits per heavy atom. The van der Waals surface area contributed by atoms with E-state index >= 15 is 0 Å². The number of aryl methyl sites for hydroxylation is 1. The molecule has 0 bridgehead atoms. The number of hydrogen-bond donors (Lipinski definition) is 1. The lowest BCUT2D eigenvalue weighted by Crippen LogP contribution is -2.32. The first-order valence-corrected chi connectivity index (χ1v) is 7.59. The molecule has 0 aromatic heterocycles. The monoisotopic (exact) mass is 317 g/mol. The molecule has 0 saturated carbocycles. The minimum atomic E-state index is -0.491. The minimum absolute atomic E-state index is 0.179. The van der Waals surface area contributed by atoms with Gasteiger partial charge in [0.2, 0.25) is 0 Å². The summed E-state index contributed by atoms with van der Waals surface area (Å²) in [5, 5.41) is 2.89. The maximum absolute atomic E-state index is 11.9. The zero-order chi connectivity index (χ0) is 15.5. The predicted octanol–water partition coefficient (Wildman–Crippen LogP) is 4.16. The van der Waals surface area contributed by atoms with Gasteiger partial charge in [0.25, 0.3) is 0 Å². The van der Waals surface area contributed by atoms with E-state index in [9.17, 15) is 4.79 Å². The van der Waals surface area contributed by atoms with Crippen LogP contribution in [0.15, 0.2) is 42.5 Å². The van der Waals surface area contributed by atoms with E-state index in [-0.39, 0.29) is 18.5 Å². The first-order valence-electron chi connectivity index (χ1n) is 7.06. The molecule has 114 valence electrons. The van der Waals surface area contributed by atoms with E-state index < -0.39 is 6.09 Å². The van der Waals surface area contributed by atoms with Crippen molar-refractivity contribution in [2.24, 2.45) is 0 Å². The highest BCUT2D eigenvalue weighted by Crippen LogP contribution is 2.44. The molecule has 0 radical (unpaired) electrons. The van der Waals surface area contributed by atoms with Gasteiger partial charge in [0.1, 0.15) is 18.1 Å². The number of carbonyl (C=O) groups excluding carboxylic acids is 1. The summed E-state index contributed by atoms with van der Waals surface area (Å²) in [7, 11) is 0. The molecule has 1 unspecified atom stereocenters. The molecular weight excluding hydrogens is 302 g/mol. The third-order valence-electron chi connectivity index (χ3n) is 3.57. The Labute approximate surface area is 134 Å². The number of para-hydroxylation sites is 2. The lowest BCUT2D eigenvalue weighted by molar-refractivity contribution is 0.150. The van der Waals surface area contributed by atoms with Gasteiger partial charge in [-0.15, -0.1) is 11.6 Å². The summed E-state index contributed by atoms with van der Waals surface area (Å²) in [4.78, 5) is 11.9. The van der Waals surface area contributed by atoms with Gasteiger partial charge >= 0.3 is 6.09 Å². The lowest BCUT2D eigenvalue weighted by atomic mass is 9.93. The highest BCUT2D eigenvalue weighted by atomic mass is 35.5. The zero-order valence-electron chi connectivity index (χ0n) is 12.1. The van der Waals surface area contributed by atoms with Crippen molar-refractivity contribution < 1.29 is 14.3 Å². The van der Waals surface area contributed by atoms with E-state index in [0.717, 1.165) is 28.2 Å². The van der Waals surface area contributed by atoms with Crippen molar-refractivity contribution in [1.82, 2.24) is 5.32 Å². The van der Waals surface area contributed by atoms with Crippen LogP contribution < -0.4 is 10.1 Å². The largest absolute Gasteiger partial charge is 0.456 e. The highest BCUT2D eigenvalue weighted by molar-refractivity contribution is 6.18. The maximum Gasteiger partial charge on any atom is 0.407 e. The maximum atomic E-state index is 11.9. The number of halogens is 1. The van der Waals surface area contributed by atoms with E-state index in [1.807, 2.05) is 49.4 Å². The molecule has 0 aliphatic carbocycles. The van der Waals surface area contributed by atoms with Crippen LogP contribution in [-0.4, -0.2) is 18.6 Å². The second kappa shape index (κ2) is 6.28.